The van der Waals surface area contributed by atoms with E-state index in [1.165, 1.54) is 5.56 Å². The SMILES string of the molecule is CC(C)c1ccc(OCCC(=O)N2CCC(OCCCN)CC2)cc1. The summed E-state index contributed by atoms with van der Waals surface area (Å²) < 4.78 is 11.5. The third kappa shape index (κ3) is 6.67. The number of carbonyl (C=O) groups is 1. The molecule has 1 amide bonds. The highest BCUT2D eigenvalue weighted by atomic mass is 16.5. The van der Waals surface area contributed by atoms with Crippen LogP contribution in [0.25, 0.3) is 0 Å². The van der Waals surface area contributed by atoms with Gasteiger partial charge in [-0.05, 0) is 49.4 Å². The highest BCUT2D eigenvalue weighted by molar-refractivity contribution is 5.76. The molecule has 0 radical (unpaired) electrons. The number of amides is 1. The van der Waals surface area contributed by atoms with Crippen molar-refractivity contribution in [3.8, 4) is 5.75 Å². The summed E-state index contributed by atoms with van der Waals surface area (Å²) in [4.78, 5) is 14.2. The van der Waals surface area contributed by atoms with E-state index in [2.05, 4.69) is 26.0 Å². The minimum absolute atomic E-state index is 0.166. The Balaban J connectivity index is 1.64. The third-order valence-corrected chi connectivity index (χ3v) is 4.63. The Labute approximate surface area is 151 Å². The Kier molecular flexibility index (Phi) is 8.22. The van der Waals surface area contributed by atoms with Gasteiger partial charge in [0.05, 0.1) is 19.1 Å². The number of carbonyl (C=O) groups excluding carboxylic acids is 1. The van der Waals surface area contributed by atoms with Gasteiger partial charge < -0.3 is 20.1 Å². The van der Waals surface area contributed by atoms with Crippen molar-refractivity contribution < 1.29 is 14.3 Å². The first kappa shape index (κ1) is 19.7. The minimum Gasteiger partial charge on any atom is -0.493 e. The highest BCUT2D eigenvalue weighted by Crippen LogP contribution is 2.19. The number of nitrogens with two attached hydrogens (primary N) is 1. The molecule has 0 atom stereocenters. The average molecular weight is 348 g/mol. The molecule has 1 aliphatic rings. The smallest absolute Gasteiger partial charge is 0.226 e. The summed E-state index contributed by atoms with van der Waals surface area (Å²) in [5.74, 6) is 1.50. The molecule has 1 saturated heterocycles. The van der Waals surface area contributed by atoms with Gasteiger partial charge in [0.1, 0.15) is 5.75 Å². The van der Waals surface area contributed by atoms with Gasteiger partial charge in [0.2, 0.25) is 5.91 Å². The van der Waals surface area contributed by atoms with Gasteiger partial charge in [-0.25, -0.2) is 0 Å². The molecule has 0 bridgehead atoms. The van der Waals surface area contributed by atoms with Crippen molar-refractivity contribution in [3.05, 3.63) is 29.8 Å². The summed E-state index contributed by atoms with van der Waals surface area (Å²) in [6.07, 6.45) is 3.41. The maximum Gasteiger partial charge on any atom is 0.226 e. The van der Waals surface area contributed by atoms with Crippen LogP contribution >= 0.6 is 0 Å². The van der Waals surface area contributed by atoms with Crippen LogP contribution in [0, 0.1) is 0 Å². The fourth-order valence-electron chi connectivity index (χ4n) is 2.97. The summed E-state index contributed by atoms with van der Waals surface area (Å²) in [6.45, 7) is 7.69. The van der Waals surface area contributed by atoms with Crippen LogP contribution in [0.1, 0.15) is 51.0 Å². The number of hydrogen-bond donors (Lipinski definition) is 1. The van der Waals surface area contributed by atoms with E-state index in [0.29, 0.717) is 25.5 Å². The predicted octanol–water partition coefficient (Wildman–Crippen LogP) is 2.94. The van der Waals surface area contributed by atoms with Crippen LogP contribution in [0.15, 0.2) is 24.3 Å². The molecule has 0 spiro atoms. The van der Waals surface area contributed by atoms with E-state index in [1.807, 2.05) is 17.0 Å². The Bertz CT molecular complexity index is 508. The molecule has 1 fully saturated rings. The molecule has 0 aromatic heterocycles. The van der Waals surface area contributed by atoms with E-state index < -0.39 is 0 Å². The van der Waals surface area contributed by atoms with Crippen LogP contribution in [0.5, 0.6) is 5.75 Å². The van der Waals surface area contributed by atoms with Crippen molar-refractivity contribution in [1.29, 1.82) is 0 Å². The molecule has 2 rings (SSSR count). The molecule has 5 heteroatoms. The van der Waals surface area contributed by atoms with E-state index in [-0.39, 0.29) is 12.0 Å². The number of rotatable bonds is 9. The summed E-state index contributed by atoms with van der Waals surface area (Å²) in [6, 6.07) is 8.11. The molecule has 0 aliphatic carbocycles. The molecule has 5 nitrogen and oxygen atoms in total. The maximum absolute atomic E-state index is 12.3. The zero-order chi connectivity index (χ0) is 18.1. The molecule has 0 unspecified atom stereocenters. The van der Waals surface area contributed by atoms with Crippen LogP contribution in [0.4, 0.5) is 0 Å². The number of ether oxygens (including phenoxy) is 2. The van der Waals surface area contributed by atoms with Gasteiger partial charge in [0.25, 0.3) is 0 Å². The van der Waals surface area contributed by atoms with Gasteiger partial charge in [0, 0.05) is 19.7 Å². The van der Waals surface area contributed by atoms with E-state index in [1.54, 1.807) is 0 Å². The molecule has 1 aliphatic heterocycles. The van der Waals surface area contributed by atoms with Crippen molar-refractivity contribution in [2.75, 3.05) is 32.8 Å². The highest BCUT2D eigenvalue weighted by Gasteiger charge is 2.22. The van der Waals surface area contributed by atoms with E-state index in [9.17, 15) is 4.79 Å². The van der Waals surface area contributed by atoms with Gasteiger partial charge in [-0.1, -0.05) is 26.0 Å². The van der Waals surface area contributed by atoms with Gasteiger partial charge in [-0.2, -0.15) is 0 Å². The molecule has 0 saturated carbocycles. The van der Waals surface area contributed by atoms with Crippen molar-refractivity contribution >= 4 is 5.91 Å². The second-order valence-corrected chi connectivity index (χ2v) is 6.92. The van der Waals surface area contributed by atoms with Crippen LogP contribution < -0.4 is 10.5 Å². The Hall–Kier alpha value is -1.59. The number of piperidine rings is 1. The molecule has 25 heavy (non-hydrogen) atoms. The molecule has 2 N–H and O–H groups in total. The number of nitrogens with zero attached hydrogens (tertiary/aromatic N) is 1. The fourth-order valence-corrected chi connectivity index (χ4v) is 2.97. The predicted molar refractivity (Wildman–Crippen MR) is 99.9 cm³/mol. The molecule has 140 valence electrons. The normalized spacial score (nSPS) is 15.6. The first-order valence-corrected chi connectivity index (χ1v) is 9.42. The van der Waals surface area contributed by atoms with Gasteiger partial charge >= 0.3 is 0 Å². The number of likely N-dealkylation sites (tertiary alicyclic amines) is 1. The van der Waals surface area contributed by atoms with E-state index in [4.69, 9.17) is 15.2 Å². The number of hydrogen-bond acceptors (Lipinski definition) is 4. The maximum atomic E-state index is 12.3. The molecular weight excluding hydrogens is 316 g/mol. The Morgan fingerprint density at radius 3 is 2.48 bits per heavy atom. The monoisotopic (exact) mass is 348 g/mol. The number of benzene rings is 1. The topological polar surface area (TPSA) is 64.8 Å². The lowest BCUT2D eigenvalue weighted by atomic mass is 10.0. The standard InChI is InChI=1S/C20H32N2O3/c1-16(2)17-4-6-18(7-5-17)25-15-10-20(23)22-12-8-19(9-13-22)24-14-3-11-21/h4-7,16,19H,3,8-15,21H2,1-2H3. The van der Waals surface area contributed by atoms with Crippen molar-refractivity contribution in [2.24, 2.45) is 5.73 Å². The van der Waals surface area contributed by atoms with Crippen LogP contribution in [0.2, 0.25) is 0 Å². The van der Waals surface area contributed by atoms with Crippen molar-refractivity contribution in [3.63, 3.8) is 0 Å². The lowest BCUT2D eigenvalue weighted by molar-refractivity contribution is -0.134. The van der Waals surface area contributed by atoms with Gasteiger partial charge in [0.15, 0.2) is 0 Å². The van der Waals surface area contributed by atoms with Crippen molar-refractivity contribution in [2.45, 2.75) is 51.6 Å². The molecule has 1 aromatic carbocycles. The van der Waals surface area contributed by atoms with E-state index >= 15 is 0 Å². The van der Waals surface area contributed by atoms with Crippen LogP contribution in [-0.2, 0) is 9.53 Å². The summed E-state index contributed by atoms with van der Waals surface area (Å²) in [7, 11) is 0. The summed E-state index contributed by atoms with van der Waals surface area (Å²) >= 11 is 0. The molecule has 1 heterocycles. The largest absolute Gasteiger partial charge is 0.493 e. The zero-order valence-corrected chi connectivity index (χ0v) is 15.6. The Morgan fingerprint density at radius 1 is 1.20 bits per heavy atom. The van der Waals surface area contributed by atoms with Crippen LogP contribution in [0.3, 0.4) is 0 Å². The molecular formula is C20H32N2O3. The van der Waals surface area contributed by atoms with Crippen LogP contribution in [-0.4, -0.2) is 49.8 Å². The van der Waals surface area contributed by atoms with Gasteiger partial charge in [-0.3, -0.25) is 4.79 Å². The first-order valence-electron chi connectivity index (χ1n) is 9.42. The molecule has 1 aromatic rings. The average Bonchev–Trinajstić information content (AvgIpc) is 2.63. The third-order valence-electron chi connectivity index (χ3n) is 4.63. The summed E-state index contributed by atoms with van der Waals surface area (Å²) in [5, 5.41) is 0. The zero-order valence-electron chi connectivity index (χ0n) is 15.6. The quantitative estimate of drug-likeness (QED) is 0.697. The fraction of sp³-hybridized carbons (Fsp3) is 0.650. The summed E-state index contributed by atoms with van der Waals surface area (Å²) in [5.41, 5.74) is 6.76. The minimum atomic E-state index is 0.166. The van der Waals surface area contributed by atoms with E-state index in [0.717, 1.165) is 44.7 Å². The first-order chi connectivity index (χ1) is 12.1. The van der Waals surface area contributed by atoms with Gasteiger partial charge in [-0.15, -0.1) is 0 Å². The Morgan fingerprint density at radius 2 is 1.88 bits per heavy atom. The lowest BCUT2D eigenvalue weighted by Gasteiger charge is -2.32. The lowest BCUT2D eigenvalue weighted by Crippen LogP contribution is -2.41. The second-order valence-electron chi connectivity index (χ2n) is 6.92. The van der Waals surface area contributed by atoms with Crippen molar-refractivity contribution in [1.82, 2.24) is 4.90 Å². The second kappa shape index (κ2) is 10.4.